The van der Waals surface area contributed by atoms with Gasteiger partial charge in [-0.1, -0.05) is 6.07 Å². The lowest BCUT2D eigenvalue weighted by molar-refractivity contribution is -0.121. The van der Waals surface area contributed by atoms with Crippen molar-refractivity contribution in [2.45, 2.75) is 50.5 Å². The summed E-state index contributed by atoms with van der Waals surface area (Å²) in [5.41, 5.74) is 0. The molecule has 2 rings (SSSR count). The molecule has 0 aromatic heterocycles. The number of halogens is 1. The van der Waals surface area contributed by atoms with Gasteiger partial charge in [-0.15, -0.1) is 0 Å². The Bertz CT molecular complexity index is 668. The second-order valence-electron chi connectivity index (χ2n) is 6.57. The van der Waals surface area contributed by atoms with Crippen molar-refractivity contribution in [3.63, 3.8) is 0 Å². The summed E-state index contributed by atoms with van der Waals surface area (Å²) in [7, 11) is -3.64. The van der Waals surface area contributed by atoms with Crippen LogP contribution in [0.5, 0.6) is 0 Å². The SMILES string of the molecule is CC(C)NC(=O)CCC1CCN(S(=O)(=O)c2cccc(F)c2)CC1. The van der Waals surface area contributed by atoms with Crippen LogP contribution in [0.15, 0.2) is 29.2 Å². The third-order valence-electron chi connectivity index (χ3n) is 4.24. The monoisotopic (exact) mass is 356 g/mol. The number of hydrogen-bond donors (Lipinski definition) is 1. The van der Waals surface area contributed by atoms with Crippen LogP contribution in [-0.4, -0.2) is 37.8 Å². The molecule has 24 heavy (non-hydrogen) atoms. The minimum absolute atomic E-state index is 0.00254. The molecule has 1 aliphatic rings. The molecule has 0 aliphatic carbocycles. The van der Waals surface area contributed by atoms with Gasteiger partial charge >= 0.3 is 0 Å². The Labute approximate surface area is 143 Å². The molecular weight excluding hydrogens is 331 g/mol. The number of nitrogens with zero attached hydrogens (tertiary/aromatic N) is 1. The summed E-state index contributed by atoms with van der Waals surface area (Å²) in [5.74, 6) is -0.163. The zero-order valence-corrected chi connectivity index (χ0v) is 15.0. The first-order chi connectivity index (χ1) is 11.3. The van der Waals surface area contributed by atoms with Crippen molar-refractivity contribution in [1.29, 1.82) is 0 Å². The molecule has 134 valence electrons. The van der Waals surface area contributed by atoms with E-state index in [1.54, 1.807) is 0 Å². The highest BCUT2D eigenvalue weighted by Gasteiger charge is 2.29. The van der Waals surface area contributed by atoms with Crippen LogP contribution in [-0.2, 0) is 14.8 Å². The number of hydrogen-bond acceptors (Lipinski definition) is 3. The van der Waals surface area contributed by atoms with E-state index in [1.165, 1.54) is 22.5 Å². The van der Waals surface area contributed by atoms with Gasteiger partial charge in [0.2, 0.25) is 15.9 Å². The van der Waals surface area contributed by atoms with Gasteiger partial charge in [0.25, 0.3) is 0 Å². The van der Waals surface area contributed by atoms with Crippen molar-refractivity contribution in [2.24, 2.45) is 5.92 Å². The van der Waals surface area contributed by atoms with Gasteiger partial charge in [-0.05, 0) is 57.2 Å². The van der Waals surface area contributed by atoms with E-state index < -0.39 is 15.8 Å². The molecule has 1 heterocycles. The summed E-state index contributed by atoms with van der Waals surface area (Å²) < 4.78 is 39.7. The van der Waals surface area contributed by atoms with Crippen molar-refractivity contribution in [2.75, 3.05) is 13.1 Å². The number of carbonyl (C=O) groups is 1. The average Bonchev–Trinajstić information content (AvgIpc) is 2.53. The molecule has 0 bridgehead atoms. The lowest BCUT2D eigenvalue weighted by atomic mass is 9.93. The Balaban J connectivity index is 1.87. The Morgan fingerprint density at radius 3 is 2.58 bits per heavy atom. The van der Waals surface area contributed by atoms with Gasteiger partial charge in [-0.2, -0.15) is 4.31 Å². The normalized spacial score (nSPS) is 17.2. The predicted molar refractivity (Wildman–Crippen MR) is 90.4 cm³/mol. The largest absolute Gasteiger partial charge is 0.354 e. The standard InChI is InChI=1S/C17H25FN2O3S/c1-13(2)19-17(21)7-6-14-8-10-20(11-9-14)24(22,23)16-5-3-4-15(18)12-16/h3-5,12-14H,6-11H2,1-2H3,(H,19,21). The van der Waals surface area contributed by atoms with Crippen LogP contribution in [0, 0.1) is 11.7 Å². The van der Waals surface area contributed by atoms with Gasteiger partial charge in [0, 0.05) is 25.6 Å². The number of benzene rings is 1. The van der Waals surface area contributed by atoms with Crippen LogP contribution < -0.4 is 5.32 Å². The highest BCUT2D eigenvalue weighted by Crippen LogP contribution is 2.26. The van der Waals surface area contributed by atoms with Crippen LogP contribution in [0.25, 0.3) is 0 Å². The molecule has 1 N–H and O–H groups in total. The van der Waals surface area contributed by atoms with Crippen molar-refractivity contribution < 1.29 is 17.6 Å². The summed E-state index contributed by atoms with van der Waals surface area (Å²) in [6.07, 6.45) is 2.69. The quantitative estimate of drug-likeness (QED) is 0.852. The van der Waals surface area contributed by atoms with Gasteiger partial charge in [-0.3, -0.25) is 4.79 Å². The molecule has 1 amide bonds. The number of rotatable bonds is 6. The fraction of sp³-hybridized carbons (Fsp3) is 0.588. The van der Waals surface area contributed by atoms with E-state index in [2.05, 4.69) is 5.32 Å². The third kappa shape index (κ3) is 5.01. The first-order valence-electron chi connectivity index (χ1n) is 8.34. The molecule has 1 aromatic carbocycles. The highest BCUT2D eigenvalue weighted by atomic mass is 32.2. The topological polar surface area (TPSA) is 66.5 Å². The summed E-state index contributed by atoms with van der Waals surface area (Å²) in [6, 6.07) is 5.24. The van der Waals surface area contributed by atoms with Crippen molar-refractivity contribution in [3.8, 4) is 0 Å². The van der Waals surface area contributed by atoms with E-state index in [4.69, 9.17) is 0 Å². The van der Waals surface area contributed by atoms with Gasteiger partial charge in [0.15, 0.2) is 0 Å². The van der Waals surface area contributed by atoms with Crippen molar-refractivity contribution >= 4 is 15.9 Å². The molecule has 7 heteroatoms. The Morgan fingerprint density at radius 2 is 2.00 bits per heavy atom. The van der Waals surface area contributed by atoms with Gasteiger partial charge in [0.1, 0.15) is 5.82 Å². The van der Waals surface area contributed by atoms with E-state index in [-0.39, 0.29) is 16.8 Å². The van der Waals surface area contributed by atoms with Crippen molar-refractivity contribution in [3.05, 3.63) is 30.1 Å². The molecule has 1 saturated heterocycles. The number of sulfonamides is 1. The summed E-state index contributed by atoms with van der Waals surface area (Å²) in [5, 5.41) is 2.86. The summed E-state index contributed by atoms with van der Waals surface area (Å²) >= 11 is 0. The Hall–Kier alpha value is -1.47. The van der Waals surface area contributed by atoms with Crippen LogP contribution in [0.2, 0.25) is 0 Å². The molecule has 1 aromatic rings. The fourth-order valence-corrected chi connectivity index (χ4v) is 4.45. The fourth-order valence-electron chi connectivity index (χ4n) is 2.94. The van der Waals surface area contributed by atoms with E-state index in [0.717, 1.165) is 25.3 Å². The van der Waals surface area contributed by atoms with Crippen LogP contribution in [0.1, 0.15) is 39.5 Å². The molecule has 0 saturated carbocycles. The summed E-state index contributed by atoms with van der Waals surface area (Å²) in [6.45, 7) is 4.67. The maximum Gasteiger partial charge on any atom is 0.243 e. The average molecular weight is 356 g/mol. The Kier molecular flexibility index (Phi) is 6.34. The number of amides is 1. The van der Waals surface area contributed by atoms with Crippen molar-refractivity contribution in [1.82, 2.24) is 9.62 Å². The number of piperidine rings is 1. The summed E-state index contributed by atoms with van der Waals surface area (Å²) in [4.78, 5) is 11.7. The third-order valence-corrected chi connectivity index (χ3v) is 6.13. The second kappa shape index (κ2) is 8.07. The molecule has 0 spiro atoms. The van der Waals surface area contributed by atoms with E-state index >= 15 is 0 Å². The second-order valence-corrected chi connectivity index (χ2v) is 8.50. The molecule has 0 radical (unpaired) electrons. The van der Waals surface area contributed by atoms with Crippen LogP contribution in [0.3, 0.4) is 0 Å². The van der Waals surface area contributed by atoms with E-state index in [1.807, 2.05) is 13.8 Å². The minimum atomic E-state index is -3.64. The zero-order valence-electron chi connectivity index (χ0n) is 14.2. The number of nitrogens with one attached hydrogen (secondary N) is 1. The maximum absolute atomic E-state index is 13.3. The first-order valence-corrected chi connectivity index (χ1v) is 9.78. The van der Waals surface area contributed by atoms with Gasteiger partial charge in [-0.25, -0.2) is 12.8 Å². The molecule has 0 atom stereocenters. The minimum Gasteiger partial charge on any atom is -0.354 e. The maximum atomic E-state index is 13.3. The highest BCUT2D eigenvalue weighted by molar-refractivity contribution is 7.89. The van der Waals surface area contributed by atoms with Crippen LogP contribution >= 0.6 is 0 Å². The first kappa shape index (κ1) is 18.9. The Morgan fingerprint density at radius 1 is 1.33 bits per heavy atom. The lowest BCUT2D eigenvalue weighted by Crippen LogP contribution is -2.38. The molecule has 0 unspecified atom stereocenters. The zero-order chi connectivity index (χ0) is 17.7. The number of carbonyl (C=O) groups excluding carboxylic acids is 1. The molecule has 1 fully saturated rings. The molecular formula is C17H25FN2O3S. The lowest BCUT2D eigenvalue weighted by Gasteiger charge is -2.31. The predicted octanol–water partition coefficient (Wildman–Crippen LogP) is 2.53. The molecule has 1 aliphatic heterocycles. The molecule has 5 nitrogen and oxygen atoms in total. The van der Waals surface area contributed by atoms with E-state index in [0.29, 0.717) is 25.4 Å². The van der Waals surface area contributed by atoms with Gasteiger partial charge < -0.3 is 5.32 Å². The van der Waals surface area contributed by atoms with Gasteiger partial charge in [0.05, 0.1) is 4.90 Å². The van der Waals surface area contributed by atoms with E-state index in [9.17, 15) is 17.6 Å². The van der Waals surface area contributed by atoms with Crippen LogP contribution in [0.4, 0.5) is 4.39 Å². The smallest absolute Gasteiger partial charge is 0.243 e.